The Morgan fingerprint density at radius 3 is 2.00 bits per heavy atom. The molecule has 0 saturated heterocycles. The average Bonchev–Trinajstić information content (AvgIpc) is 2.72. The van der Waals surface area contributed by atoms with E-state index in [0.717, 1.165) is 11.1 Å². The molecule has 0 aliphatic rings. The van der Waals surface area contributed by atoms with Crippen LogP contribution in [0.15, 0.2) is 107 Å². The lowest BCUT2D eigenvalue weighted by Gasteiger charge is -2.01. The second kappa shape index (κ2) is 7.58. The summed E-state index contributed by atoms with van der Waals surface area (Å²) in [5.41, 5.74) is 4.51. The molecule has 0 atom stereocenters. The van der Waals surface area contributed by atoms with Gasteiger partial charge >= 0.3 is 0 Å². The van der Waals surface area contributed by atoms with Gasteiger partial charge in [0.05, 0.1) is 12.4 Å². The maximum Gasteiger partial charge on any atom is 0.0574 e. The first-order valence-electron chi connectivity index (χ1n) is 8.60. The van der Waals surface area contributed by atoms with Crippen molar-refractivity contribution in [3.63, 3.8) is 0 Å². The molecule has 4 rings (SSSR count). The van der Waals surface area contributed by atoms with E-state index in [9.17, 15) is 0 Å². The number of hydrogen-bond donors (Lipinski definition) is 0. The predicted molar refractivity (Wildman–Crippen MR) is 111 cm³/mol. The largest absolute Gasteiger partial charge is 0.159 e. The fourth-order valence-electron chi connectivity index (χ4n) is 2.95. The molecule has 0 fully saturated rings. The summed E-state index contributed by atoms with van der Waals surface area (Å²) in [6.07, 6.45) is 3.58. The molecule has 2 nitrogen and oxygen atoms in total. The fraction of sp³-hybridized carbons (Fsp3) is 0. The Morgan fingerprint density at radius 1 is 0.500 bits per heavy atom. The van der Waals surface area contributed by atoms with Crippen LogP contribution in [0, 0.1) is 0 Å². The Kier molecular flexibility index (Phi) is 4.66. The monoisotopic (exact) mass is 334 g/mol. The van der Waals surface area contributed by atoms with Gasteiger partial charge in [-0.1, -0.05) is 97.1 Å². The molecule has 4 aromatic rings. The molecule has 0 bridgehead atoms. The van der Waals surface area contributed by atoms with Gasteiger partial charge in [0.1, 0.15) is 0 Å². The van der Waals surface area contributed by atoms with Crippen molar-refractivity contribution < 1.29 is 0 Å². The molecule has 2 heteroatoms. The van der Waals surface area contributed by atoms with Crippen LogP contribution in [0.5, 0.6) is 0 Å². The lowest BCUT2D eigenvalue weighted by Crippen LogP contribution is -1.84. The molecule has 0 spiro atoms. The van der Waals surface area contributed by atoms with E-state index < -0.39 is 0 Å². The molecular weight excluding hydrogens is 316 g/mol. The molecule has 0 aliphatic carbocycles. The zero-order valence-electron chi connectivity index (χ0n) is 14.3. The molecule has 0 saturated carbocycles. The molecular formula is C24H18N2. The number of benzene rings is 4. The Bertz CT molecular complexity index is 1060. The normalized spacial score (nSPS) is 11.5. The highest BCUT2D eigenvalue weighted by molar-refractivity contribution is 5.99. The highest BCUT2D eigenvalue weighted by Crippen LogP contribution is 2.19. The third-order valence-electron chi connectivity index (χ3n) is 4.31. The van der Waals surface area contributed by atoms with Crippen LogP contribution >= 0.6 is 0 Å². The quantitative estimate of drug-likeness (QED) is 0.325. The number of nitrogens with zero attached hydrogens (tertiary/aromatic N) is 2. The van der Waals surface area contributed by atoms with Crippen molar-refractivity contribution >= 4 is 23.2 Å². The molecule has 124 valence electrons. The fourth-order valence-corrected chi connectivity index (χ4v) is 2.95. The third-order valence-corrected chi connectivity index (χ3v) is 4.31. The van der Waals surface area contributed by atoms with Gasteiger partial charge in [0.2, 0.25) is 0 Å². The number of rotatable bonds is 4. The second-order valence-corrected chi connectivity index (χ2v) is 6.05. The van der Waals surface area contributed by atoms with Crippen LogP contribution in [0.4, 0.5) is 0 Å². The van der Waals surface area contributed by atoms with Crippen LogP contribution in [0.3, 0.4) is 0 Å². The van der Waals surface area contributed by atoms with Gasteiger partial charge in [-0.2, -0.15) is 10.2 Å². The maximum absolute atomic E-state index is 4.21. The summed E-state index contributed by atoms with van der Waals surface area (Å²) in [4.78, 5) is 0. The van der Waals surface area contributed by atoms with Crippen molar-refractivity contribution in [3.05, 3.63) is 108 Å². The molecule has 0 heterocycles. The van der Waals surface area contributed by atoms with Gasteiger partial charge < -0.3 is 0 Å². The van der Waals surface area contributed by atoms with E-state index in [0.29, 0.717) is 0 Å². The van der Waals surface area contributed by atoms with E-state index in [-0.39, 0.29) is 0 Å². The highest BCUT2D eigenvalue weighted by atomic mass is 15.2. The minimum atomic E-state index is 1.03. The summed E-state index contributed by atoms with van der Waals surface area (Å²) < 4.78 is 0. The highest BCUT2D eigenvalue weighted by Gasteiger charge is 1.97. The molecule has 26 heavy (non-hydrogen) atoms. The zero-order chi connectivity index (χ0) is 17.6. The van der Waals surface area contributed by atoms with E-state index >= 15 is 0 Å². The average molecular weight is 334 g/mol. The summed E-state index contributed by atoms with van der Waals surface area (Å²) in [6.45, 7) is 0. The molecule has 4 aromatic carbocycles. The minimum absolute atomic E-state index is 1.03. The van der Waals surface area contributed by atoms with Crippen molar-refractivity contribution in [1.82, 2.24) is 0 Å². The van der Waals surface area contributed by atoms with Gasteiger partial charge in [-0.05, 0) is 27.5 Å². The van der Waals surface area contributed by atoms with E-state index in [1.54, 1.807) is 12.4 Å². The van der Waals surface area contributed by atoms with Gasteiger partial charge in [-0.25, -0.2) is 0 Å². The van der Waals surface area contributed by atoms with Crippen molar-refractivity contribution in [1.29, 1.82) is 0 Å². The third kappa shape index (κ3) is 3.60. The Morgan fingerprint density at radius 2 is 1.15 bits per heavy atom. The van der Waals surface area contributed by atoms with Crippen LogP contribution in [0.1, 0.15) is 11.1 Å². The van der Waals surface area contributed by atoms with Crippen molar-refractivity contribution in [2.24, 2.45) is 10.2 Å². The van der Waals surface area contributed by atoms with E-state index in [2.05, 4.69) is 70.9 Å². The van der Waals surface area contributed by atoms with Gasteiger partial charge in [0.15, 0.2) is 0 Å². The van der Waals surface area contributed by atoms with E-state index in [1.165, 1.54) is 21.9 Å². The van der Waals surface area contributed by atoms with Crippen molar-refractivity contribution in [2.75, 3.05) is 0 Å². The lowest BCUT2D eigenvalue weighted by molar-refractivity contribution is 1.27. The van der Waals surface area contributed by atoms with E-state index in [1.807, 2.05) is 36.4 Å². The van der Waals surface area contributed by atoms with Crippen molar-refractivity contribution in [3.8, 4) is 11.1 Å². The standard InChI is InChI=1S/C24H18N2/c1-2-7-20(8-3-1)21-15-13-19(14-16-21)17-25-26-18-23-11-6-10-22-9-4-5-12-24(22)23/h1-18H. The Hall–Kier alpha value is -3.52. The molecule has 0 aliphatic heterocycles. The van der Waals surface area contributed by atoms with E-state index in [4.69, 9.17) is 0 Å². The Labute approximate surface area is 153 Å². The zero-order valence-corrected chi connectivity index (χ0v) is 14.3. The van der Waals surface area contributed by atoms with Crippen LogP contribution in [-0.4, -0.2) is 12.4 Å². The summed E-state index contributed by atoms with van der Waals surface area (Å²) in [5, 5.41) is 10.8. The molecule has 0 radical (unpaired) electrons. The maximum atomic E-state index is 4.21. The summed E-state index contributed by atoms with van der Waals surface area (Å²) in [6, 6.07) is 33.1. The molecule has 0 unspecified atom stereocenters. The van der Waals surface area contributed by atoms with Gasteiger partial charge in [-0.15, -0.1) is 0 Å². The minimum Gasteiger partial charge on any atom is -0.159 e. The van der Waals surface area contributed by atoms with Crippen molar-refractivity contribution in [2.45, 2.75) is 0 Å². The Balaban J connectivity index is 1.49. The number of fused-ring (bicyclic) bond motifs is 1. The van der Waals surface area contributed by atoms with Crippen LogP contribution < -0.4 is 0 Å². The van der Waals surface area contributed by atoms with Gasteiger partial charge in [0.25, 0.3) is 0 Å². The second-order valence-electron chi connectivity index (χ2n) is 6.05. The topological polar surface area (TPSA) is 24.7 Å². The van der Waals surface area contributed by atoms with Gasteiger partial charge in [0, 0.05) is 5.56 Å². The summed E-state index contributed by atoms with van der Waals surface area (Å²) >= 11 is 0. The predicted octanol–water partition coefficient (Wildman–Crippen LogP) is 5.96. The summed E-state index contributed by atoms with van der Waals surface area (Å²) in [5.74, 6) is 0. The lowest BCUT2D eigenvalue weighted by atomic mass is 10.0. The first-order chi connectivity index (χ1) is 12.9. The first kappa shape index (κ1) is 16.0. The van der Waals surface area contributed by atoms with Crippen LogP contribution in [0.25, 0.3) is 21.9 Å². The first-order valence-corrected chi connectivity index (χ1v) is 8.60. The van der Waals surface area contributed by atoms with Crippen LogP contribution in [0.2, 0.25) is 0 Å². The summed E-state index contributed by atoms with van der Waals surface area (Å²) in [7, 11) is 0. The van der Waals surface area contributed by atoms with Crippen LogP contribution in [-0.2, 0) is 0 Å². The smallest absolute Gasteiger partial charge is 0.0574 e. The van der Waals surface area contributed by atoms with Gasteiger partial charge in [-0.3, -0.25) is 0 Å². The molecule has 0 amide bonds. The molecule has 0 aromatic heterocycles. The molecule has 0 N–H and O–H groups in total. The number of hydrogen-bond acceptors (Lipinski definition) is 2. The SMILES string of the molecule is C(=NN=Cc1cccc2ccccc12)c1ccc(-c2ccccc2)cc1.